The highest BCUT2D eigenvalue weighted by Gasteiger charge is 2.49. The Morgan fingerprint density at radius 3 is 2.41 bits per heavy atom. The molecule has 2 saturated heterocycles. The molecule has 0 bridgehead atoms. The number of hydrogen-bond donors (Lipinski definition) is 2. The van der Waals surface area contributed by atoms with E-state index in [0.717, 1.165) is 18.7 Å². The van der Waals surface area contributed by atoms with Crippen LogP contribution in [-0.4, -0.2) is 69.5 Å². The van der Waals surface area contributed by atoms with Gasteiger partial charge in [-0.1, -0.05) is 35.0 Å². The van der Waals surface area contributed by atoms with Crippen LogP contribution < -0.4 is 10.6 Å². The third kappa shape index (κ3) is 4.18. The zero-order valence-electron chi connectivity index (χ0n) is 19.5. The second-order valence-electron chi connectivity index (χ2n) is 9.62. The Bertz CT molecular complexity index is 1080. The van der Waals surface area contributed by atoms with E-state index in [1.54, 1.807) is 0 Å². The summed E-state index contributed by atoms with van der Waals surface area (Å²) in [4.78, 5) is 45.5. The lowest BCUT2D eigenvalue weighted by atomic mass is 9.76. The van der Waals surface area contributed by atoms with E-state index in [4.69, 9.17) is 4.52 Å². The van der Waals surface area contributed by atoms with Crippen LogP contribution in [0.5, 0.6) is 0 Å². The largest absolute Gasteiger partial charge is 0.340 e. The smallest absolute Gasteiger partial charge is 0.322 e. The molecule has 0 radical (unpaired) electrons. The van der Waals surface area contributed by atoms with Gasteiger partial charge in [0.05, 0.1) is 6.04 Å². The van der Waals surface area contributed by atoms with Crippen LogP contribution in [-0.2, 0) is 9.59 Å². The quantitative estimate of drug-likeness (QED) is 0.662. The Hall–Kier alpha value is -3.27. The Kier molecular flexibility index (Phi) is 5.85. The van der Waals surface area contributed by atoms with Gasteiger partial charge in [-0.15, -0.1) is 0 Å². The van der Waals surface area contributed by atoms with Crippen LogP contribution in [0.3, 0.4) is 0 Å². The van der Waals surface area contributed by atoms with E-state index in [2.05, 4.69) is 25.7 Å². The second-order valence-corrected chi connectivity index (χ2v) is 9.62. The maximum absolute atomic E-state index is 13.1. The number of carbonyl (C=O) groups is 3. The van der Waals surface area contributed by atoms with E-state index in [0.29, 0.717) is 50.5 Å². The number of aromatic nitrogens is 2. The first kappa shape index (κ1) is 22.5. The highest BCUT2D eigenvalue weighted by molar-refractivity contribution is 6.07. The molecule has 34 heavy (non-hydrogen) atoms. The van der Waals surface area contributed by atoms with Crippen LogP contribution in [0.1, 0.15) is 50.1 Å². The van der Waals surface area contributed by atoms with Gasteiger partial charge in [0, 0.05) is 37.7 Å². The second kappa shape index (κ2) is 8.83. The number of hydrogen-bond acceptors (Lipinski definition) is 7. The van der Waals surface area contributed by atoms with Crippen LogP contribution >= 0.6 is 0 Å². The van der Waals surface area contributed by atoms with Gasteiger partial charge in [0.1, 0.15) is 5.54 Å². The lowest BCUT2D eigenvalue weighted by molar-refractivity contribution is -0.140. The van der Waals surface area contributed by atoms with Crippen LogP contribution in [0.2, 0.25) is 0 Å². The first-order chi connectivity index (χ1) is 16.3. The summed E-state index contributed by atoms with van der Waals surface area (Å²) in [6, 6.07) is 7.54. The van der Waals surface area contributed by atoms with Gasteiger partial charge in [-0.25, -0.2) is 4.79 Å². The Morgan fingerprint density at radius 2 is 1.79 bits per heavy atom. The van der Waals surface area contributed by atoms with Crippen molar-refractivity contribution in [3.63, 3.8) is 0 Å². The van der Waals surface area contributed by atoms with Gasteiger partial charge in [-0.05, 0) is 39.5 Å². The summed E-state index contributed by atoms with van der Waals surface area (Å²) in [6.45, 7) is 6.82. The molecule has 3 fully saturated rings. The summed E-state index contributed by atoms with van der Waals surface area (Å²) in [5.41, 5.74) is 1.27. The fourth-order valence-electron chi connectivity index (χ4n) is 5.21. The molecule has 1 aliphatic carbocycles. The number of nitrogens with one attached hydrogen (secondary N) is 2. The fourth-order valence-corrected chi connectivity index (χ4v) is 5.21. The number of nitrogens with zero attached hydrogens (tertiary/aromatic N) is 4. The van der Waals surface area contributed by atoms with Crippen molar-refractivity contribution in [2.24, 2.45) is 5.92 Å². The monoisotopic (exact) mass is 466 g/mol. The molecular weight excluding hydrogens is 436 g/mol. The molecule has 2 aliphatic heterocycles. The molecule has 1 aromatic heterocycles. The predicted molar refractivity (Wildman–Crippen MR) is 122 cm³/mol. The van der Waals surface area contributed by atoms with Crippen molar-refractivity contribution in [2.75, 3.05) is 26.2 Å². The minimum absolute atomic E-state index is 0.0389. The van der Waals surface area contributed by atoms with Crippen molar-refractivity contribution < 1.29 is 18.9 Å². The molecule has 10 heteroatoms. The number of rotatable bonds is 4. The number of urea groups is 1. The zero-order valence-corrected chi connectivity index (χ0v) is 19.5. The molecule has 1 saturated carbocycles. The molecule has 1 aromatic carbocycles. The van der Waals surface area contributed by atoms with Gasteiger partial charge >= 0.3 is 6.03 Å². The number of benzene rings is 1. The van der Waals surface area contributed by atoms with E-state index in [1.165, 1.54) is 5.56 Å². The molecule has 180 valence electrons. The summed E-state index contributed by atoms with van der Waals surface area (Å²) in [5.74, 6) is 0.930. The molecule has 3 heterocycles. The summed E-state index contributed by atoms with van der Waals surface area (Å²) in [5, 5.41) is 9.22. The Morgan fingerprint density at radius 1 is 1.12 bits per heavy atom. The van der Waals surface area contributed by atoms with Crippen LogP contribution in [0, 0.1) is 12.8 Å². The standard InChI is InChI=1S/C24H30N6O4/c1-15-3-5-17(6-4-15)19-25-20(34-28-19)16(2)29-11-13-30(14-12-29)21(31)18-7-9-24(10-8-18)22(32)26-23(33)27-24/h3-6,16,18H,7-14H2,1-2H3,(H2,26,27,32,33). The summed E-state index contributed by atoms with van der Waals surface area (Å²) >= 11 is 0. The molecule has 2 N–H and O–H groups in total. The molecule has 10 nitrogen and oxygen atoms in total. The Balaban J connectivity index is 1.14. The molecular formula is C24H30N6O4. The van der Waals surface area contributed by atoms with Crippen molar-refractivity contribution in [1.29, 1.82) is 0 Å². The number of aryl methyl sites for hydroxylation is 1. The highest BCUT2D eigenvalue weighted by Crippen LogP contribution is 2.35. The van der Waals surface area contributed by atoms with Crippen LogP contribution in [0.25, 0.3) is 11.4 Å². The van der Waals surface area contributed by atoms with Gasteiger partial charge in [0.15, 0.2) is 0 Å². The van der Waals surface area contributed by atoms with E-state index >= 15 is 0 Å². The SMILES string of the molecule is Cc1ccc(-c2noc(C(C)N3CCN(C(=O)C4CCC5(CC4)NC(=O)NC5=O)CC3)n2)cc1. The lowest BCUT2D eigenvalue weighted by Gasteiger charge is -2.40. The number of carbonyl (C=O) groups excluding carboxylic acids is 3. The highest BCUT2D eigenvalue weighted by atomic mass is 16.5. The molecule has 2 aromatic rings. The fraction of sp³-hybridized carbons (Fsp3) is 0.542. The number of imide groups is 1. The van der Waals surface area contributed by atoms with E-state index < -0.39 is 11.6 Å². The third-order valence-electron chi connectivity index (χ3n) is 7.49. The van der Waals surface area contributed by atoms with Crippen molar-refractivity contribution >= 4 is 17.8 Å². The van der Waals surface area contributed by atoms with Crippen LogP contribution in [0.15, 0.2) is 28.8 Å². The van der Waals surface area contributed by atoms with Gasteiger partial charge in [0.25, 0.3) is 5.91 Å². The third-order valence-corrected chi connectivity index (χ3v) is 7.49. The topological polar surface area (TPSA) is 121 Å². The Labute approximate surface area is 198 Å². The van der Waals surface area contributed by atoms with E-state index in [9.17, 15) is 14.4 Å². The molecule has 1 spiro atoms. The van der Waals surface area contributed by atoms with Gasteiger partial charge in [-0.3, -0.25) is 19.8 Å². The van der Waals surface area contributed by atoms with Crippen LogP contribution in [0.4, 0.5) is 4.79 Å². The van der Waals surface area contributed by atoms with E-state index in [1.807, 2.05) is 43.0 Å². The summed E-state index contributed by atoms with van der Waals surface area (Å²) in [6.07, 6.45) is 2.21. The molecule has 1 atom stereocenters. The number of amides is 4. The number of piperazine rings is 1. The van der Waals surface area contributed by atoms with Gasteiger partial charge in [-0.2, -0.15) is 4.98 Å². The minimum Gasteiger partial charge on any atom is -0.340 e. The molecule has 3 aliphatic rings. The van der Waals surface area contributed by atoms with Crippen molar-refractivity contribution in [2.45, 2.75) is 51.1 Å². The predicted octanol–water partition coefficient (Wildman–Crippen LogP) is 2.02. The van der Waals surface area contributed by atoms with Crippen molar-refractivity contribution in [3.8, 4) is 11.4 Å². The lowest BCUT2D eigenvalue weighted by Crippen LogP contribution is -2.54. The molecule has 4 amide bonds. The average molecular weight is 467 g/mol. The van der Waals surface area contributed by atoms with Gasteiger partial charge < -0.3 is 14.7 Å². The van der Waals surface area contributed by atoms with Crippen molar-refractivity contribution in [3.05, 3.63) is 35.7 Å². The maximum atomic E-state index is 13.1. The maximum Gasteiger partial charge on any atom is 0.322 e. The summed E-state index contributed by atoms with van der Waals surface area (Å²) in [7, 11) is 0. The minimum atomic E-state index is -0.830. The summed E-state index contributed by atoms with van der Waals surface area (Å²) < 4.78 is 5.55. The molecule has 5 rings (SSSR count). The normalized spacial score (nSPS) is 26.4. The molecule has 1 unspecified atom stereocenters. The van der Waals surface area contributed by atoms with Gasteiger partial charge in [0.2, 0.25) is 17.6 Å². The zero-order chi connectivity index (χ0) is 23.9. The first-order valence-electron chi connectivity index (χ1n) is 11.9. The van der Waals surface area contributed by atoms with E-state index in [-0.39, 0.29) is 23.8 Å². The van der Waals surface area contributed by atoms with Crippen molar-refractivity contribution in [1.82, 2.24) is 30.6 Å². The first-order valence-corrected chi connectivity index (χ1v) is 11.9. The average Bonchev–Trinajstić information content (AvgIpc) is 3.44.